The molecule has 0 spiro atoms. The number of ether oxygens (including phenoxy) is 1. The predicted molar refractivity (Wildman–Crippen MR) is 60.6 cm³/mol. The Morgan fingerprint density at radius 1 is 1.53 bits per heavy atom. The fraction of sp³-hybridized carbons (Fsp3) is 0.917. The molecule has 0 aliphatic carbocycles. The van der Waals surface area contributed by atoms with Crippen molar-refractivity contribution in [2.75, 3.05) is 26.7 Å². The number of rotatable bonds is 3. The van der Waals surface area contributed by atoms with Crippen molar-refractivity contribution in [2.24, 2.45) is 11.3 Å². The average Bonchev–Trinajstić information content (AvgIpc) is 2.14. The van der Waals surface area contributed by atoms with Crippen molar-refractivity contribution in [3.05, 3.63) is 0 Å². The molecule has 1 heterocycles. The number of nitrogens with zero attached hydrogens (tertiary/aromatic N) is 1. The highest BCUT2D eigenvalue weighted by Gasteiger charge is 2.28. The van der Waals surface area contributed by atoms with Gasteiger partial charge in [0.15, 0.2) is 0 Å². The topological polar surface area (TPSA) is 29.5 Å². The average molecular weight is 213 g/mol. The van der Waals surface area contributed by atoms with Crippen molar-refractivity contribution >= 4 is 5.97 Å². The molecule has 0 aromatic rings. The minimum absolute atomic E-state index is 0.0103. The summed E-state index contributed by atoms with van der Waals surface area (Å²) in [6.45, 7) is 9.56. The third-order valence-electron chi connectivity index (χ3n) is 3.12. The second-order valence-corrected chi connectivity index (χ2v) is 5.43. The number of esters is 1. The van der Waals surface area contributed by atoms with E-state index in [1.807, 2.05) is 6.92 Å². The number of carbonyl (C=O) groups excluding carboxylic acids is 1. The molecule has 3 heteroatoms. The minimum atomic E-state index is -0.0987. The van der Waals surface area contributed by atoms with Gasteiger partial charge >= 0.3 is 5.97 Å². The number of hydrogen-bond acceptors (Lipinski definition) is 3. The van der Waals surface area contributed by atoms with E-state index < -0.39 is 0 Å². The van der Waals surface area contributed by atoms with Gasteiger partial charge in [-0.05, 0) is 24.8 Å². The summed E-state index contributed by atoms with van der Waals surface area (Å²) in [5.41, 5.74) is 0.397. The molecular formula is C12H23NO2. The van der Waals surface area contributed by atoms with Gasteiger partial charge in [-0.1, -0.05) is 20.8 Å². The molecule has 0 aromatic heterocycles. The second-order valence-electron chi connectivity index (χ2n) is 5.43. The Morgan fingerprint density at radius 3 is 2.73 bits per heavy atom. The summed E-state index contributed by atoms with van der Waals surface area (Å²) in [6.07, 6.45) is 2.52. The van der Waals surface area contributed by atoms with Crippen molar-refractivity contribution in [1.29, 1.82) is 0 Å². The van der Waals surface area contributed by atoms with Crippen LogP contribution >= 0.6 is 0 Å². The van der Waals surface area contributed by atoms with Gasteiger partial charge in [0.05, 0.1) is 13.0 Å². The van der Waals surface area contributed by atoms with Gasteiger partial charge in [0.25, 0.3) is 0 Å². The van der Waals surface area contributed by atoms with Crippen LogP contribution in [0.2, 0.25) is 0 Å². The first-order chi connectivity index (χ1) is 6.94. The van der Waals surface area contributed by atoms with Gasteiger partial charge in [-0.15, -0.1) is 0 Å². The Morgan fingerprint density at radius 2 is 2.20 bits per heavy atom. The molecule has 1 saturated heterocycles. The molecule has 1 aliphatic heterocycles. The monoisotopic (exact) mass is 213 g/mol. The zero-order chi connectivity index (χ0) is 11.5. The fourth-order valence-electron chi connectivity index (χ4n) is 2.36. The highest BCUT2D eigenvalue weighted by Crippen LogP contribution is 2.28. The van der Waals surface area contributed by atoms with Gasteiger partial charge in [-0.25, -0.2) is 0 Å². The molecule has 1 aliphatic rings. The van der Waals surface area contributed by atoms with Crippen LogP contribution < -0.4 is 0 Å². The maximum absolute atomic E-state index is 11.3. The van der Waals surface area contributed by atoms with Crippen LogP contribution in [0, 0.1) is 11.3 Å². The van der Waals surface area contributed by atoms with E-state index in [1.165, 1.54) is 20.0 Å². The van der Waals surface area contributed by atoms with Gasteiger partial charge in [0, 0.05) is 13.1 Å². The van der Waals surface area contributed by atoms with E-state index in [9.17, 15) is 4.79 Å². The molecule has 1 unspecified atom stereocenters. The Labute approximate surface area is 92.8 Å². The third kappa shape index (κ3) is 3.82. The first-order valence-electron chi connectivity index (χ1n) is 5.75. The molecule has 0 aromatic carbocycles. The third-order valence-corrected chi connectivity index (χ3v) is 3.12. The van der Waals surface area contributed by atoms with Gasteiger partial charge in [-0.2, -0.15) is 0 Å². The van der Waals surface area contributed by atoms with E-state index in [2.05, 4.69) is 18.7 Å². The van der Waals surface area contributed by atoms with Crippen LogP contribution in [0.3, 0.4) is 0 Å². The predicted octanol–water partition coefficient (Wildman–Crippen LogP) is 1.92. The standard InChI is InChI=1S/C12H23NO2/c1-10(11(14)15-4)8-13-7-5-6-12(2,3)9-13/h10H,5-9H2,1-4H3. The Balaban J connectivity index is 2.41. The van der Waals surface area contributed by atoms with Gasteiger partial charge in [0.1, 0.15) is 0 Å². The van der Waals surface area contributed by atoms with Crippen LogP contribution in [0.15, 0.2) is 0 Å². The Hall–Kier alpha value is -0.570. The highest BCUT2D eigenvalue weighted by atomic mass is 16.5. The number of carbonyl (C=O) groups is 1. The first kappa shape index (κ1) is 12.5. The van der Waals surface area contributed by atoms with Crippen LogP contribution in [0.25, 0.3) is 0 Å². The Kier molecular flexibility index (Phi) is 4.14. The smallest absolute Gasteiger partial charge is 0.309 e. The van der Waals surface area contributed by atoms with Crippen molar-refractivity contribution < 1.29 is 9.53 Å². The van der Waals surface area contributed by atoms with E-state index in [-0.39, 0.29) is 11.9 Å². The largest absolute Gasteiger partial charge is 0.469 e. The summed E-state index contributed by atoms with van der Waals surface area (Å²) < 4.78 is 4.74. The summed E-state index contributed by atoms with van der Waals surface area (Å²) in [5.74, 6) is -0.109. The molecule has 1 fully saturated rings. The molecule has 3 nitrogen and oxygen atoms in total. The number of piperidine rings is 1. The van der Waals surface area contributed by atoms with E-state index in [4.69, 9.17) is 4.74 Å². The lowest BCUT2D eigenvalue weighted by Gasteiger charge is -2.38. The SMILES string of the molecule is COC(=O)C(C)CN1CCCC(C)(C)C1. The number of methoxy groups -OCH3 is 1. The van der Waals surface area contributed by atoms with E-state index >= 15 is 0 Å². The van der Waals surface area contributed by atoms with Crippen LogP contribution in [-0.4, -0.2) is 37.6 Å². The lowest BCUT2D eigenvalue weighted by molar-refractivity contribution is -0.145. The highest BCUT2D eigenvalue weighted by molar-refractivity contribution is 5.72. The summed E-state index contributed by atoms with van der Waals surface area (Å²) in [5, 5.41) is 0. The molecule has 1 atom stereocenters. The first-order valence-corrected chi connectivity index (χ1v) is 5.75. The van der Waals surface area contributed by atoms with Crippen molar-refractivity contribution in [1.82, 2.24) is 4.90 Å². The van der Waals surface area contributed by atoms with Crippen LogP contribution in [0.4, 0.5) is 0 Å². The number of hydrogen-bond donors (Lipinski definition) is 0. The van der Waals surface area contributed by atoms with Crippen molar-refractivity contribution in [3.63, 3.8) is 0 Å². The van der Waals surface area contributed by atoms with Crippen molar-refractivity contribution in [3.8, 4) is 0 Å². The van der Waals surface area contributed by atoms with Gasteiger partial charge < -0.3 is 9.64 Å². The van der Waals surface area contributed by atoms with Gasteiger partial charge in [0.2, 0.25) is 0 Å². The maximum Gasteiger partial charge on any atom is 0.309 e. The van der Waals surface area contributed by atoms with Crippen LogP contribution in [-0.2, 0) is 9.53 Å². The quantitative estimate of drug-likeness (QED) is 0.671. The zero-order valence-corrected chi connectivity index (χ0v) is 10.4. The summed E-state index contributed by atoms with van der Waals surface area (Å²) in [7, 11) is 1.46. The normalized spacial score (nSPS) is 23.5. The lowest BCUT2D eigenvalue weighted by Crippen LogP contribution is -2.43. The minimum Gasteiger partial charge on any atom is -0.469 e. The maximum atomic E-state index is 11.3. The fourth-order valence-corrected chi connectivity index (χ4v) is 2.36. The van der Waals surface area contributed by atoms with E-state index in [0.717, 1.165) is 19.6 Å². The molecule has 88 valence electrons. The molecule has 0 bridgehead atoms. The van der Waals surface area contributed by atoms with Crippen LogP contribution in [0.5, 0.6) is 0 Å². The molecular weight excluding hydrogens is 190 g/mol. The lowest BCUT2D eigenvalue weighted by atomic mass is 9.84. The molecule has 0 amide bonds. The molecule has 15 heavy (non-hydrogen) atoms. The van der Waals surface area contributed by atoms with Crippen LogP contribution in [0.1, 0.15) is 33.6 Å². The van der Waals surface area contributed by atoms with E-state index in [0.29, 0.717) is 5.41 Å². The molecule has 0 radical (unpaired) electrons. The van der Waals surface area contributed by atoms with Crippen molar-refractivity contribution in [2.45, 2.75) is 33.6 Å². The summed E-state index contributed by atoms with van der Waals surface area (Å²) >= 11 is 0. The zero-order valence-electron chi connectivity index (χ0n) is 10.4. The Bertz CT molecular complexity index is 226. The molecule has 1 rings (SSSR count). The molecule has 0 saturated carbocycles. The molecule has 0 N–H and O–H groups in total. The second kappa shape index (κ2) is 4.97. The van der Waals surface area contributed by atoms with Gasteiger partial charge in [-0.3, -0.25) is 4.79 Å². The summed E-state index contributed by atoms with van der Waals surface area (Å²) in [6, 6.07) is 0. The number of likely N-dealkylation sites (tertiary alicyclic amines) is 1. The van der Waals surface area contributed by atoms with E-state index in [1.54, 1.807) is 0 Å². The summed E-state index contributed by atoms with van der Waals surface area (Å²) in [4.78, 5) is 13.7.